The third-order valence-electron chi connectivity index (χ3n) is 5.54. The number of benzene rings is 1. The van der Waals surface area contributed by atoms with Gasteiger partial charge in [0.25, 0.3) is 0 Å². The van der Waals surface area contributed by atoms with Crippen molar-refractivity contribution in [1.29, 1.82) is 0 Å². The topological polar surface area (TPSA) is 32.3 Å². The summed E-state index contributed by atoms with van der Waals surface area (Å²) in [6.45, 7) is 5.93. The summed E-state index contributed by atoms with van der Waals surface area (Å²) in [5, 5.41) is 3.19. The first kappa shape index (κ1) is 16.5. The van der Waals surface area contributed by atoms with E-state index in [0.29, 0.717) is 12.6 Å². The maximum atomic E-state index is 12.4. The molecule has 0 saturated carbocycles. The molecule has 1 fully saturated rings. The Labute approximate surface area is 140 Å². The second-order valence-corrected chi connectivity index (χ2v) is 7.34. The molecular weight excluding hydrogens is 284 g/mol. The lowest BCUT2D eigenvalue weighted by atomic mass is 9.89. The van der Waals surface area contributed by atoms with Gasteiger partial charge in [0.15, 0.2) is 0 Å². The van der Waals surface area contributed by atoms with Crippen molar-refractivity contribution >= 4 is 5.91 Å². The quantitative estimate of drug-likeness (QED) is 0.920. The summed E-state index contributed by atoms with van der Waals surface area (Å²) < 4.78 is 0. The van der Waals surface area contributed by atoms with Gasteiger partial charge in [-0.05, 0) is 75.6 Å². The van der Waals surface area contributed by atoms with E-state index >= 15 is 0 Å². The highest BCUT2D eigenvalue weighted by atomic mass is 16.2. The standard InChI is InChI=1S/C20H30N2O/c1-15-7-5-6-12-22(15)14-20(23)21-16(2)18-11-10-17-8-3-4-9-19(17)13-18/h10-11,13,15-16H,3-9,12,14H2,1-2H3,(H,21,23)/t15-,16+/m0/s1. The molecule has 1 aromatic carbocycles. The number of fused-ring (bicyclic) bond motifs is 1. The first-order valence-electron chi connectivity index (χ1n) is 9.28. The van der Waals surface area contributed by atoms with Crippen LogP contribution in [0, 0.1) is 0 Å². The van der Waals surface area contributed by atoms with Gasteiger partial charge in [0.2, 0.25) is 5.91 Å². The Morgan fingerprint density at radius 2 is 2.00 bits per heavy atom. The Morgan fingerprint density at radius 1 is 1.22 bits per heavy atom. The van der Waals surface area contributed by atoms with Crippen LogP contribution >= 0.6 is 0 Å². The molecule has 2 atom stereocenters. The normalized spacial score (nSPS) is 23.1. The summed E-state index contributed by atoms with van der Waals surface area (Å²) in [6, 6.07) is 7.39. The van der Waals surface area contributed by atoms with Gasteiger partial charge in [-0.15, -0.1) is 0 Å². The predicted molar refractivity (Wildman–Crippen MR) is 94.5 cm³/mol. The molecular formula is C20H30N2O. The smallest absolute Gasteiger partial charge is 0.234 e. The minimum Gasteiger partial charge on any atom is -0.348 e. The third-order valence-corrected chi connectivity index (χ3v) is 5.54. The highest BCUT2D eigenvalue weighted by molar-refractivity contribution is 5.78. The van der Waals surface area contributed by atoms with Crippen LogP contribution in [-0.2, 0) is 17.6 Å². The number of amides is 1. The van der Waals surface area contributed by atoms with Crippen LogP contribution < -0.4 is 5.32 Å². The molecule has 1 aliphatic heterocycles. The molecule has 1 aromatic rings. The maximum absolute atomic E-state index is 12.4. The number of nitrogens with one attached hydrogen (secondary N) is 1. The van der Waals surface area contributed by atoms with Gasteiger partial charge in [0.05, 0.1) is 12.6 Å². The Hall–Kier alpha value is -1.35. The molecule has 1 N–H and O–H groups in total. The molecule has 23 heavy (non-hydrogen) atoms. The van der Waals surface area contributed by atoms with Gasteiger partial charge in [0.1, 0.15) is 0 Å². The summed E-state index contributed by atoms with van der Waals surface area (Å²) >= 11 is 0. The molecule has 3 heteroatoms. The van der Waals surface area contributed by atoms with Crippen LogP contribution in [0.2, 0.25) is 0 Å². The van der Waals surface area contributed by atoms with Crippen LogP contribution in [0.1, 0.15) is 68.7 Å². The van der Waals surface area contributed by atoms with E-state index in [1.54, 1.807) is 0 Å². The zero-order chi connectivity index (χ0) is 16.2. The first-order valence-corrected chi connectivity index (χ1v) is 9.28. The van der Waals surface area contributed by atoms with E-state index in [9.17, 15) is 4.79 Å². The number of carbonyl (C=O) groups is 1. The van der Waals surface area contributed by atoms with E-state index in [0.717, 1.165) is 6.54 Å². The van der Waals surface area contributed by atoms with Gasteiger partial charge in [0, 0.05) is 6.04 Å². The van der Waals surface area contributed by atoms with Gasteiger partial charge in [-0.2, -0.15) is 0 Å². The molecule has 0 bridgehead atoms. The van der Waals surface area contributed by atoms with Crippen molar-refractivity contribution in [2.45, 2.75) is 70.9 Å². The van der Waals surface area contributed by atoms with Gasteiger partial charge in [-0.1, -0.05) is 24.6 Å². The summed E-state index contributed by atoms with van der Waals surface area (Å²) in [7, 11) is 0. The minimum atomic E-state index is 0.0924. The van der Waals surface area contributed by atoms with Gasteiger partial charge in [-0.3, -0.25) is 9.69 Å². The Morgan fingerprint density at radius 3 is 2.78 bits per heavy atom. The zero-order valence-electron chi connectivity index (χ0n) is 14.6. The van der Waals surface area contributed by atoms with Crippen molar-refractivity contribution in [3.05, 3.63) is 34.9 Å². The highest BCUT2D eigenvalue weighted by Crippen LogP contribution is 2.25. The van der Waals surface area contributed by atoms with E-state index in [1.807, 2.05) is 0 Å². The SMILES string of the molecule is C[C@@H](NC(=O)CN1CCCC[C@@H]1C)c1ccc2c(c1)CCCC2. The third kappa shape index (κ3) is 4.14. The number of hydrogen-bond acceptors (Lipinski definition) is 2. The molecule has 3 rings (SSSR count). The van der Waals surface area contributed by atoms with Gasteiger partial charge in [-0.25, -0.2) is 0 Å². The fraction of sp³-hybridized carbons (Fsp3) is 0.650. The molecule has 126 valence electrons. The fourth-order valence-corrected chi connectivity index (χ4v) is 3.97. The Balaban J connectivity index is 1.57. The zero-order valence-corrected chi connectivity index (χ0v) is 14.6. The number of carbonyl (C=O) groups excluding carboxylic acids is 1. The van der Waals surface area contributed by atoms with Crippen LogP contribution in [0.5, 0.6) is 0 Å². The monoisotopic (exact) mass is 314 g/mol. The van der Waals surface area contributed by atoms with Crippen molar-refractivity contribution < 1.29 is 4.79 Å². The number of likely N-dealkylation sites (tertiary alicyclic amines) is 1. The fourth-order valence-electron chi connectivity index (χ4n) is 3.97. The lowest BCUT2D eigenvalue weighted by molar-refractivity contribution is -0.123. The van der Waals surface area contributed by atoms with Crippen LogP contribution in [-0.4, -0.2) is 29.9 Å². The van der Waals surface area contributed by atoms with E-state index in [4.69, 9.17) is 0 Å². The van der Waals surface area contributed by atoms with Crippen molar-refractivity contribution in [2.75, 3.05) is 13.1 Å². The first-order chi connectivity index (χ1) is 11.1. The highest BCUT2D eigenvalue weighted by Gasteiger charge is 2.21. The molecule has 1 heterocycles. The molecule has 3 nitrogen and oxygen atoms in total. The van der Waals surface area contributed by atoms with E-state index < -0.39 is 0 Å². The summed E-state index contributed by atoms with van der Waals surface area (Å²) in [6.07, 6.45) is 8.74. The van der Waals surface area contributed by atoms with Gasteiger partial charge >= 0.3 is 0 Å². The van der Waals surface area contributed by atoms with Crippen molar-refractivity contribution in [1.82, 2.24) is 10.2 Å². The maximum Gasteiger partial charge on any atom is 0.234 e. The lowest BCUT2D eigenvalue weighted by Crippen LogP contribution is -2.44. The second kappa shape index (κ2) is 7.48. The second-order valence-electron chi connectivity index (χ2n) is 7.34. The Bertz CT molecular complexity index is 555. The molecule has 0 aromatic heterocycles. The average Bonchev–Trinajstić information content (AvgIpc) is 2.56. The van der Waals surface area contributed by atoms with Crippen LogP contribution in [0.3, 0.4) is 0 Å². The number of piperidine rings is 1. The number of hydrogen-bond donors (Lipinski definition) is 1. The van der Waals surface area contributed by atoms with E-state index in [-0.39, 0.29) is 11.9 Å². The van der Waals surface area contributed by atoms with E-state index in [2.05, 4.69) is 42.3 Å². The van der Waals surface area contributed by atoms with Crippen LogP contribution in [0.25, 0.3) is 0 Å². The van der Waals surface area contributed by atoms with Crippen molar-refractivity contribution in [3.63, 3.8) is 0 Å². The Kier molecular flexibility index (Phi) is 5.37. The molecule has 1 amide bonds. The molecule has 0 spiro atoms. The van der Waals surface area contributed by atoms with Crippen molar-refractivity contribution in [2.24, 2.45) is 0 Å². The summed E-state index contributed by atoms with van der Waals surface area (Å²) in [5.74, 6) is 0.156. The molecule has 0 radical (unpaired) electrons. The predicted octanol–water partition coefficient (Wildman–Crippen LogP) is 3.62. The number of aryl methyl sites for hydroxylation is 2. The van der Waals surface area contributed by atoms with Crippen molar-refractivity contribution in [3.8, 4) is 0 Å². The molecule has 2 aliphatic rings. The molecule has 0 unspecified atom stereocenters. The number of rotatable bonds is 4. The largest absolute Gasteiger partial charge is 0.348 e. The van der Waals surface area contributed by atoms with E-state index in [1.165, 1.54) is 61.6 Å². The van der Waals surface area contributed by atoms with Gasteiger partial charge < -0.3 is 5.32 Å². The number of nitrogens with zero attached hydrogens (tertiary/aromatic N) is 1. The summed E-state index contributed by atoms with van der Waals surface area (Å²) in [5.41, 5.74) is 4.23. The lowest BCUT2D eigenvalue weighted by Gasteiger charge is -2.33. The summed E-state index contributed by atoms with van der Waals surface area (Å²) in [4.78, 5) is 14.7. The minimum absolute atomic E-state index is 0.0924. The van der Waals surface area contributed by atoms with Crippen LogP contribution in [0.4, 0.5) is 0 Å². The molecule has 1 aliphatic carbocycles. The van der Waals surface area contributed by atoms with Crippen LogP contribution in [0.15, 0.2) is 18.2 Å². The molecule has 1 saturated heterocycles. The average molecular weight is 314 g/mol.